The third kappa shape index (κ3) is 3.69. The molecule has 0 aromatic heterocycles. The average Bonchev–Trinajstić information content (AvgIpc) is 2.42. The minimum absolute atomic E-state index is 1.09. The maximum atomic E-state index is 2.55. The lowest BCUT2D eigenvalue weighted by atomic mass is 10.1. The molecule has 18 heavy (non-hydrogen) atoms. The van der Waals surface area contributed by atoms with Crippen LogP contribution in [-0.2, 0) is 6.54 Å². The van der Waals surface area contributed by atoms with Crippen molar-refractivity contribution in [2.75, 3.05) is 32.7 Å². The predicted octanol–water partition coefficient (Wildman–Crippen LogP) is 2.86. The van der Waals surface area contributed by atoms with E-state index in [2.05, 4.69) is 60.1 Å². The van der Waals surface area contributed by atoms with E-state index in [0.29, 0.717) is 0 Å². The molecule has 98 valence electrons. The van der Waals surface area contributed by atoms with Crippen molar-refractivity contribution >= 4 is 6.08 Å². The molecule has 0 bridgehead atoms. The maximum absolute atomic E-state index is 2.55. The summed E-state index contributed by atoms with van der Waals surface area (Å²) in [5, 5.41) is 0. The largest absolute Gasteiger partial charge is 0.301 e. The van der Waals surface area contributed by atoms with Gasteiger partial charge in [-0.2, -0.15) is 0 Å². The van der Waals surface area contributed by atoms with Crippen molar-refractivity contribution in [3.8, 4) is 0 Å². The van der Waals surface area contributed by atoms with Gasteiger partial charge in [0.2, 0.25) is 0 Å². The second-order valence-corrected chi connectivity index (χ2v) is 4.95. The van der Waals surface area contributed by atoms with Gasteiger partial charge in [-0.25, -0.2) is 0 Å². The SMILES string of the molecule is C/C=C/c1ccc(CN2CCN(CC)CC2)cc1. The van der Waals surface area contributed by atoms with Crippen LogP contribution < -0.4 is 0 Å². The zero-order valence-electron chi connectivity index (χ0n) is 11.6. The third-order valence-electron chi connectivity index (χ3n) is 3.66. The molecule has 0 N–H and O–H groups in total. The monoisotopic (exact) mass is 244 g/mol. The molecule has 1 saturated heterocycles. The lowest BCUT2D eigenvalue weighted by molar-refractivity contribution is 0.132. The normalized spacial score (nSPS) is 18.6. The molecule has 0 aliphatic carbocycles. The van der Waals surface area contributed by atoms with Crippen LogP contribution in [0.25, 0.3) is 6.08 Å². The van der Waals surface area contributed by atoms with Crippen LogP contribution in [0.1, 0.15) is 25.0 Å². The molecule has 1 fully saturated rings. The first-order valence-corrected chi connectivity index (χ1v) is 6.98. The van der Waals surface area contributed by atoms with Gasteiger partial charge in [0.25, 0.3) is 0 Å². The highest BCUT2D eigenvalue weighted by atomic mass is 15.3. The van der Waals surface area contributed by atoms with Gasteiger partial charge in [0.1, 0.15) is 0 Å². The van der Waals surface area contributed by atoms with E-state index >= 15 is 0 Å². The summed E-state index contributed by atoms with van der Waals surface area (Å²) < 4.78 is 0. The summed E-state index contributed by atoms with van der Waals surface area (Å²) in [5.41, 5.74) is 2.71. The minimum atomic E-state index is 1.09. The molecule has 1 aliphatic heterocycles. The fraction of sp³-hybridized carbons (Fsp3) is 0.500. The van der Waals surface area contributed by atoms with Gasteiger partial charge in [0.15, 0.2) is 0 Å². The Kier molecular flexibility index (Phi) is 4.97. The highest BCUT2D eigenvalue weighted by Crippen LogP contribution is 2.11. The Morgan fingerprint density at radius 2 is 1.61 bits per heavy atom. The Morgan fingerprint density at radius 3 is 2.17 bits per heavy atom. The molecule has 2 rings (SSSR count). The summed E-state index contributed by atoms with van der Waals surface area (Å²) in [5.74, 6) is 0. The fourth-order valence-electron chi connectivity index (χ4n) is 2.45. The van der Waals surface area contributed by atoms with Gasteiger partial charge >= 0.3 is 0 Å². The Labute approximate surface area is 111 Å². The van der Waals surface area contributed by atoms with Gasteiger partial charge in [-0.15, -0.1) is 0 Å². The van der Waals surface area contributed by atoms with Crippen molar-refractivity contribution in [1.82, 2.24) is 9.80 Å². The zero-order chi connectivity index (χ0) is 12.8. The Morgan fingerprint density at radius 1 is 1.00 bits per heavy atom. The summed E-state index contributed by atoms with van der Waals surface area (Å²) in [6, 6.07) is 8.91. The van der Waals surface area contributed by atoms with Gasteiger partial charge in [-0.3, -0.25) is 4.90 Å². The average molecular weight is 244 g/mol. The van der Waals surface area contributed by atoms with E-state index in [1.807, 2.05) is 0 Å². The van der Waals surface area contributed by atoms with Crippen LogP contribution in [-0.4, -0.2) is 42.5 Å². The molecule has 1 aromatic rings. The van der Waals surface area contributed by atoms with Crippen LogP contribution in [0.15, 0.2) is 30.3 Å². The molecular formula is C16H24N2. The van der Waals surface area contributed by atoms with Crippen LogP contribution in [0, 0.1) is 0 Å². The minimum Gasteiger partial charge on any atom is -0.301 e. The quantitative estimate of drug-likeness (QED) is 0.803. The Balaban J connectivity index is 1.86. The van der Waals surface area contributed by atoms with Gasteiger partial charge < -0.3 is 4.90 Å². The fourth-order valence-corrected chi connectivity index (χ4v) is 2.45. The molecule has 2 nitrogen and oxygen atoms in total. The molecule has 0 amide bonds. The van der Waals surface area contributed by atoms with Crippen LogP contribution in [0.5, 0.6) is 0 Å². The number of piperazine rings is 1. The maximum Gasteiger partial charge on any atom is 0.0234 e. The summed E-state index contributed by atoms with van der Waals surface area (Å²) in [7, 11) is 0. The first-order valence-electron chi connectivity index (χ1n) is 6.98. The second kappa shape index (κ2) is 6.72. The van der Waals surface area contributed by atoms with Crippen LogP contribution in [0.3, 0.4) is 0 Å². The van der Waals surface area contributed by atoms with Gasteiger partial charge in [-0.1, -0.05) is 43.3 Å². The van der Waals surface area contributed by atoms with Crippen LogP contribution >= 0.6 is 0 Å². The number of rotatable bonds is 4. The summed E-state index contributed by atoms with van der Waals surface area (Å²) in [4.78, 5) is 5.07. The smallest absolute Gasteiger partial charge is 0.0234 e. The number of hydrogen-bond donors (Lipinski definition) is 0. The zero-order valence-corrected chi connectivity index (χ0v) is 11.6. The topological polar surface area (TPSA) is 6.48 Å². The molecule has 0 saturated carbocycles. The molecule has 1 aromatic carbocycles. The van der Waals surface area contributed by atoms with Gasteiger partial charge in [0.05, 0.1) is 0 Å². The summed E-state index contributed by atoms with van der Waals surface area (Å²) in [6.07, 6.45) is 4.22. The van der Waals surface area contributed by atoms with E-state index in [-0.39, 0.29) is 0 Å². The van der Waals surface area contributed by atoms with E-state index in [4.69, 9.17) is 0 Å². The van der Waals surface area contributed by atoms with Crippen LogP contribution in [0.2, 0.25) is 0 Å². The Bertz CT molecular complexity index is 373. The van der Waals surface area contributed by atoms with E-state index in [0.717, 1.165) is 6.54 Å². The van der Waals surface area contributed by atoms with Crippen molar-refractivity contribution < 1.29 is 0 Å². The van der Waals surface area contributed by atoms with E-state index < -0.39 is 0 Å². The van der Waals surface area contributed by atoms with Gasteiger partial charge in [0, 0.05) is 32.7 Å². The van der Waals surface area contributed by atoms with Crippen molar-refractivity contribution in [2.24, 2.45) is 0 Å². The molecule has 0 radical (unpaired) electrons. The van der Waals surface area contributed by atoms with Crippen molar-refractivity contribution in [1.29, 1.82) is 0 Å². The summed E-state index contributed by atoms with van der Waals surface area (Å²) in [6.45, 7) is 11.4. The standard InChI is InChI=1S/C16H24N2/c1-3-5-15-6-8-16(9-7-15)14-18-12-10-17(4-2)11-13-18/h3,5-9H,4,10-14H2,1-2H3/b5-3+. The highest BCUT2D eigenvalue weighted by Gasteiger charge is 2.15. The molecule has 0 atom stereocenters. The van der Waals surface area contributed by atoms with Crippen LogP contribution in [0.4, 0.5) is 0 Å². The number of allylic oxidation sites excluding steroid dienone is 1. The number of nitrogens with zero attached hydrogens (tertiary/aromatic N) is 2. The van der Waals surface area contributed by atoms with E-state index in [9.17, 15) is 0 Å². The Hall–Kier alpha value is -1.12. The van der Waals surface area contributed by atoms with Crippen molar-refractivity contribution in [3.05, 3.63) is 41.5 Å². The number of benzene rings is 1. The van der Waals surface area contributed by atoms with E-state index in [1.165, 1.54) is 43.9 Å². The lowest BCUT2D eigenvalue weighted by Gasteiger charge is -2.34. The molecule has 1 heterocycles. The van der Waals surface area contributed by atoms with E-state index in [1.54, 1.807) is 0 Å². The van der Waals surface area contributed by atoms with Crippen molar-refractivity contribution in [3.63, 3.8) is 0 Å². The predicted molar refractivity (Wildman–Crippen MR) is 78.5 cm³/mol. The third-order valence-corrected chi connectivity index (χ3v) is 3.66. The lowest BCUT2D eigenvalue weighted by Crippen LogP contribution is -2.45. The highest BCUT2D eigenvalue weighted by molar-refractivity contribution is 5.49. The first-order chi connectivity index (χ1) is 8.81. The molecule has 1 aliphatic rings. The molecule has 0 unspecified atom stereocenters. The van der Waals surface area contributed by atoms with Crippen molar-refractivity contribution in [2.45, 2.75) is 20.4 Å². The first kappa shape index (κ1) is 13.3. The summed E-state index contributed by atoms with van der Waals surface area (Å²) >= 11 is 0. The molecule has 2 heteroatoms. The number of hydrogen-bond acceptors (Lipinski definition) is 2. The second-order valence-electron chi connectivity index (χ2n) is 4.95. The number of likely N-dealkylation sites (N-methyl/N-ethyl adjacent to an activating group) is 1. The molecular weight excluding hydrogens is 220 g/mol. The van der Waals surface area contributed by atoms with Gasteiger partial charge in [-0.05, 0) is 24.6 Å². The molecule has 0 spiro atoms.